The van der Waals surface area contributed by atoms with Crippen LogP contribution >= 0.6 is 0 Å². The predicted octanol–water partition coefficient (Wildman–Crippen LogP) is 2.11. The van der Waals surface area contributed by atoms with Crippen molar-refractivity contribution in [1.82, 2.24) is 5.32 Å². The fourth-order valence-electron chi connectivity index (χ4n) is 0.843. The Balaban J connectivity index is 3.52. The summed E-state index contributed by atoms with van der Waals surface area (Å²) in [5.74, 6) is 0. The van der Waals surface area contributed by atoms with Gasteiger partial charge in [-0.3, -0.25) is 0 Å². The molecular formula is C9H17N. The summed E-state index contributed by atoms with van der Waals surface area (Å²) < 4.78 is 0. The van der Waals surface area contributed by atoms with Gasteiger partial charge in [-0.05, 0) is 25.5 Å². The molecule has 0 aromatic rings. The molecule has 0 aromatic carbocycles. The first-order valence-electron chi connectivity index (χ1n) is 3.87. The minimum absolute atomic E-state index is 0.934. The van der Waals surface area contributed by atoms with Crippen LogP contribution in [0.1, 0.15) is 26.2 Å². The van der Waals surface area contributed by atoms with Gasteiger partial charge in [0.15, 0.2) is 0 Å². The van der Waals surface area contributed by atoms with Crippen LogP contribution in [-0.2, 0) is 0 Å². The summed E-state index contributed by atoms with van der Waals surface area (Å²) in [6.45, 7) is 6.76. The van der Waals surface area contributed by atoms with Crippen LogP contribution in [0.25, 0.3) is 0 Å². The van der Waals surface area contributed by atoms with E-state index in [2.05, 4.69) is 24.6 Å². The first kappa shape index (κ1) is 9.48. The molecule has 0 heterocycles. The van der Waals surface area contributed by atoms with Crippen molar-refractivity contribution in [3.05, 3.63) is 17.9 Å². The lowest BCUT2D eigenvalue weighted by Gasteiger charge is -2.01. The number of unbranched alkanes of at least 4 members (excludes halogenated alkanes) is 1. The van der Waals surface area contributed by atoms with Gasteiger partial charge in [0.1, 0.15) is 0 Å². The van der Waals surface area contributed by atoms with Crippen LogP contribution in [0.15, 0.2) is 17.9 Å². The first-order chi connectivity index (χ1) is 4.85. The summed E-state index contributed by atoms with van der Waals surface area (Å²) in [5, 5.41) is 3.09. The molecular weight excluding hydrogens is 122 g/mol. The highest BCUT2D eigenvalue weighted by molar-refractivity contribution is 5.00. The summed E-state index contributed by atoms with van der Waals surface area (Å²) in [6.07, 6.45) is 3.63. The minimum atomic E-state index is 0.934. The molecule has 0 bridgehead atoms. The van der Waals surface area contributed by atoms with Crippen LogP contribution in [0, 0.1) is 0 Å². The monoisotopic (exact) mass is 139 g/mol. The van der Waals surface area contributed by atoms with Crippen LogP contribution in [0.3, 0.4) is 0 Å². The summed E-state index contributed by atoms with van der Waals surface area (Å²) in [4.78, 5) is 0. The standard InChI is InChI=1S/C9H17N/c1-4-6-7-9(5-2)8-10-3/h10H,2,4,6-8H2,1,3H3. The molecule has 0 rings (SSSR count). The zero-order chi connectivity index (χ0) is 7.82. The van der Waals surface area contributed by atoms with E-state index in [9.17, 15) is 0 Å². The van der Waals surface area contributed by atoms with Gasteiger partial charge in [0.05, 0.1) is 0 Å². The van der Waals surface area contributed by atoms with Gasteiger partial charge < -0.3 is 5.32 Å². The van der Waals surface area contributed by atoms with E-state index in [4.69, 9.17) is 0 Å². The Labute approximate surface area is 63.8 Å². The third-order valence-corrected chi connectivity index (χ3v) is 1.47. The van der Waals surface area contributed by atoms with Crippen molar-refractivity contribution in [3.63, 3.8) is 0 Å². The largest absolute Gasteiger partial charge is 0.315 e. The van der Waals surface area contributed by atoms with Crippen molar-refractivity contribution in [3.8, 4) is 0 Å². The molecule has 1 N–H and O–H groups in total. The zero-order valence-corrected chi connectivity index (χ0v) is 7.04. The minimum Gasteiger partial charge on any atom is -0.315 e. The van der Waals surface area contributed by atoms with Crippen LogP contribution < -0.4 is 5.32 Å². The first-order valence-corrected chi connectivity index (χ1v) is 3.87. The fourth-order valence-corrected chi connectivity index (χ4v) is 0.843. The molecule has 0 spiro atoms. The quantitative estimate of drug-likeness (QED) is 0.575. The lowest BCUT2D eigenvalue weighted by molar-refractivity contribution is 0.746. The Bertz CT molecular complexity index is 121. The van der Waals surface area contributed by atoms with E-state index in [0.29, 0.717) is 0 Å². The predicted molar refractivity (Wildman–Crippen MR) is 46.1 cm³/mol. The average molecular weight is 139 g/mol. The van der Waals surface area contributed by atoms with Crippen molar-refractivity contribution >= 4 is 0 Å². The van der Waals surface area contributed by atoms with Crippen molar-refractivity contribution in [1.29, 1.82) is 0 Å². The Hall–Kier alpha value is -0.520. The maximum absolute atomic E-state index is 3.63. The van der Waals surface area contributed by atoms with E-state index in [-0.39, 0.29) is 0 Å². The van der Waals surface area contributed by atoms with Crippen LogP contribution in [0.2, 0.25) is 0 Å². The molecule has 0 fully saturated rings. The maximum atomic E-state index is 3.63. The molecule has 58 valence electrons. The highest BCUT2D eigenvalue weighted by Gasteiger charge is 1.91. The lowest BCUT2D eigenvalue weighted by atomic mass is 10.1. The topological polar surface area (TPSA) is 12.0 Å². The van der Waals surface area contributed by atoms with Gasteiger partial charge in [0.25, 0.3) is 0 Å². The molecule has 0 radical (unpaired) electrons. The molecule has 1 nitrogen and oxygen atoms in total. The van der Waals surface area contributed by atoms with Crippen molar-refractivity contribution in [2.75, 3.05) is 13.6 Å². The van der Waals surface area contributed by atoms with E-state index in [0.717, 1.165) is 13.0 Å². The normalized spacial score (nSPS) is 9.00. The average Bonchev–Trinajstić information content (AvgIpc) is 1.98. The maximum Gasteiger partial charge on any atom is 0.0236 e. The van der Waals surface area contributed by atoms with Gasteiger partial charge in [0, 0.05) is 6.54 Å². The molecule has 10 heavy (non-hydrogen) atoms. The molecule has 0 aliphatic carbocycles. The zero-order valence-electron chi connectivity index (χ0n) is 7.04. The van der Waals surface area contributed by atoms with Gasteiger partial charge in [-0.1, -0.05) is 19.9 Å². The fraction of sp³-hybridized carbons (Fsp3) is 0.667. The Morgan fingerprint density at radius 3 is 2.70 bits per heavy atom. The molecule has 0 saturated carbocycles. The highest BCUT2D eigenvalue weighted by Crippen LogP contribution is 2.03. The number of nitrogens with one attached hydrogen (secondary N) is 1. The molecule has 1 heteroatoms. The van der Waals surface area contributed by atoms with E-state index >= 15 is 0 Å². The number of hydrogen-bond acceptors (Lipinski definition) is 1. The second-order valence-corrected chi connectivity index (χ2v) is 2.41. The summed E-state index contributed by atoms with van der Waals surface area (Å²) in [5.41, 5.74) is 4.24. The second kappa shape index (κ2) is 6.60. The summed E-state index contributed by atoms with van der Waals surface area (Å²) in [7, 11) is 1.95. The van der Waals surface area contributed by atoms with E-state index < -0.39 is 0 Å². The number of likely N-dealkylation sites (N-methyl/N-ethyl adjacent to an activating group) is 1. The third-order valence-electron chi connectivity index (χ3n) is 1.47. The van der Waals surface area contributed by atoms with Crippen molar-refractivity contribution in [2.24, 2.45) is 0 Å². The molecule has 0 aliphatic heterocycles. The SMILES string of the molecule is C=C=C(CCCC)CNC. The van der Waals surface area contributed by atoms with Crippen LogP contribution in [0.4, 0.5) is 0 Å². The highest BCUT2D eigenvalue weighted by atomic mass is 14.8. The second-order valence-electron chi connectivity index (χ2n) is 2.41. The smallest absolute Gasteiger partial charge is 0.0236 e. The van der Waals surface area contributed by atoms with Gasteiger partial charge in [0.2, 0.25) is 0 Å². The number of hydrogen-bond donors (Lipinski definition) is 1. The molecule has 0 saturated heterocycles. The van der Waals surface area contributed by atoms with E-state index in [1.807, 2.05) is 7.05 Å². The third kappa shape index (κ3) is 4.37. The van der Waals surface area contributed by atoms with Gasteiger partial charge >= 0.3 is 0 Å². The van der Waals surface area contributed by atoms with Crippen molar-refractivity contribution < 1.29 is 0 Å². The lowest BCUT2D eigenvalue weighted by Crippen LogP contribution is -2.09. The molecule has 0 aliphatic rings. The van der Waals surface area contributed by atoms with Gasteiger partial charge in [-0.2, -0.15) is 0 Å². The Kier molecular flexibility index (Phi) is 6.25. The Morgan fingerprint density at radius 2 is 2.30 bits per heavy atom. The van der Waals surface area contributed by atoms with Crippen molar-refractivity contribution in [2.45, 2.75) is 26.2 Å². The Morgan fingerprint density at radius 1 is 1.60 bits per heavy atom. The van der Waals surface area contributed by atoms with Gasteiger partial charge in [-0.25, -0.2) is 0 Å². The number of rotatable bonds is 5. The summed E-state index contributed by atoms with van der Waals surface area (Å²) in [6, 6.07) is 0. The van der Waals surface area contributed by atoms with Crippen LogP contribution in [0.5, 0.6) is 0 Å². The molecule has 0 amide bonds. The summed E-state index contributed by atoms with van der Waals surface area (Å²) >= 11 is 0. The van der Waals surface area contributed by atoms with Crippen LogP contribution in [-0.4, -0.2) is 13.6 Å². The van der Waals surface area contributed by atoms with E-state index in [1.54, 1.807) is 0 Å². The molecule has 0 unspecified atom stereocenters. The van der Waals surface area contributed by atoms with E-state index in [1.165, 1.54) is 18.4 Å². The molecule has 0 aromatic heterocycles. The molecule has 0 atom stereocenters. The van der Waals surface area contributed by atoms with Gasteiger partial charge in [-0.15, -0.1) is 5.73 Å².